The van der Waals surface area contributed by atoms with Crippen molar-refractivity contribution in [1.82, 2.24) is 15.0 Å². The van der Waals surface area contributed by atoms with Crippen molar-refractivity contribution in [3.8, 4) is 6.01 Å². The van der Waals surface area contributed by atoms with Gasteiger partial charge in [0.05, 0.1) is 6.61 Å². The molecule has 1 rings (SSSR count). The molecular weight excluding hydrogens is 242 g/mol. The Hall–Kier alpha value is -1.59. The standard InChI is InChI=1S/C13H25N5O/c1-6-14-11-16-12(15-10(5)8-9(3)4)18-13(17-11)19-7-2/h9-10H,6-8H2,1-5H3,(H2,14,15,16,17,18). The lowest BCUT2D eigenvalue weighted by Gasteiger charge is -2.16. The molecule has 0 aromatic carbocycles. The van der Waals surface area contributed by atoms with Crippen molar-refractivity contribution >= 4 is 11.9 Å². The second kappa shape index (κ2) is 7.76. The van der Waals surface area contributed by atoms with Crippen LogP contribution < -0.4 is 15.4 Å². The summed E-state index contributed by atoms with van der Waals surface area (Å²) in [7, 11) is 0. The number of hydrogen-bond donors (Lipinski definition) is 2. The van der Waals surface area contributed by atoms with Gasteiger partial charge in [-0.1, -0.05) is 13.8 Å². The van der Waals surface area contributed by atoms with Crippen LogP contribution >= 0.6 is 0 Å². The molecule has 0 saturated carbocycles. The van der Waals surface area contributed by atoms with Crippen LogP contribution in [0.25, 0.3) is 0 Å². The van der Waals surface area contributed by atoms with E-state index < -0.39 is 0 Å². The zero-order valence-corrected chi connectivity index (χ0v) is 12.5. The molecule has 0 aliphatic heterocycles. The van der Waals surface area contributed by atoms with E-state index in [-0.39, 0.29) is 0 Å². The Balaban J connectivity index is 2.79. The predicted octanol–water partition coefficient (Wildman–Crippen LogP) is 2.55. The maximum Gasteiger partial charge on any atom is 0.323 e. The smallest absolute Gasteiger partial charge is 0.323 e. The highest BCUT2D eigenvalue weighted by atomic mass is 16.5. The summed E-state index contributed by atoms with van der Waals surface area (Å²) in [5, 5.41) is 6.37. The zero-order valence-electron chi connectivity index (χ0n) is 12.5. The molecule has 0 radical (unpaired) electrons. The molecule has 0 fully saturated rings. The average molecular weight is 267 g/mol. The number of nitrogens with one attached hydrogen (secondary N) is 2. The fourth-order valence-electron chi connectivity index (χ4n) is 1.84. The second-order valence-corrected chi connectivity index (χ2v) is 4.90. The summed E-state index contributed by atoms with van der Waals surface area (Å²) >= 11 is 0. The van der Waals surface area contributed by atoms with Crippen LogP contribution in [0.3, 0.4) is 0 Å². The summed E-state index contributed by atoms with van der Waals surface area (Å²) in [4.78, 5) is 12.8. The van der Waals surface area contributed by atoms with Gasteiger partial charge in [0.2, 0.25) is 11.9 Å². The third kappa shape index (κ3) is 5.72. The highest BCUT2D eigenvalue weighted by Gasteiger charge is 2.10. The Morgan fingerprint density at radius 2 is 1.74 bits per heavy atom. The molecule has 6 nitrogen and oxygen atoms in total. The van der Waals surface area contributed by atoms with Crippen molar-refractivity contribution in [2.75, 3.05) is 23.8 Å². The van der Waals surface area contributed by atoms with Crippen molar-refractivity contribution in [3.05, 3.63) is 0 Å². The third-order valence-electron chi connectivity index (χ3n) is 2.42. The van der Waals surface area contributed by atoms with Gasteiger partial charge in [-0.25, -0.2) is 0 Å². The molecule has 0 aliphatic rings. The molecule has 2 N–H and O–H groups in total. The topological polar surface area (TPSA) is 72.0 Å². The van der Waals surface area contributed by atoms with E-state index in [0.717, 1.165) is 13.0 Å². The lowest BCUT2D eigenvalue weighted by molar-refractivity contribution is 0.312. The van der Waals surface area contributed by atoms with E-state index in [2.05, 4.69) is 46.4 Å². The third-order valence-corrected chi connectivity index (χ3v) is 2.42. The molecule has 1 unspecified atom stereocenters. The molecule has 0 saturated heterocycles. The van der Waals surface area contributed by atoms with E-state index in [9.17, 15) is 0 Å². The van der Waals surface area contributed by atoms with Gasteiger partial charge in [0, 0.05) is 12.6 Å². The number of ether oxygens (including phenoxy) is 1. The normalized spacial score (nSPS) is 12.3. The second-order valence-electron chi connectivity index (χ2n) is 4.90. The van der Waals surface area contributed by atoms with Gasteiger partial charge >= 0.3 is 6.01 Å². The minimum atomic E-state index is 0.311. The van der Waals surface area contributed by atoms with Gasteiger partial charge in [0.15, 0.2) is 0 Å². The molecule has 0 aliphatic carbocycles. The average Bonchev–Trinajstić information content (AvgIpc) is 2.28. The highest BCUT2D eigenvalue weighted by Crippen LogP contribution is 2.14. The van der Waals surface area contributed by atoms with Crippen LogP contribution in [0.1, 0.15) is 41.0 Å². The molecule has 6 heteroatoms. The van der Waals surface area contributed by atoms with E-state index >= 15 is 0 Å². The van der Waals surface area contributed by atoms with Gasteiger partial charge in [-0.15, -0.1) is 0 Å². The molecule has 108 valence electrons. The van der Waals surface area contributed by atoms with E-state index in [1.807, 2.05) is 13.8 Å². The van der Waals surface area contributed by atoms with Crippen LogP contribution in [0.4, 0.5) is 11.9 Å². The number of aromatic nitrogens is 3. The van der Waals surface area contributed by atoms with Gasteiger partial charge in [0.25, 0.3) is 0 Å². The van der Waals surface area contributed by atoms with Crippen molar-refractivity contribution in [1.29, 1.82) is 0 Å². The quantitative estimate of drug-likeness (QED) is 0.754. The molecule has 1 atom stereocenters. The Bertz CT molecular complexity index is 359. The van der Waals surface area contributed by atoms with E-state index in [1.165, 1.54) is 0 Å². The largest absolute Gasteiger partial charge is 0.464 e. The first-order valence-electron chi connectivity index (χ1n) is 6.94. The fourth-order valence-corrected chi connectivity index (χ4v) is 1.84. The highest BCUT2D eigenvalue weighted by molar-refractivity contribution is 5.36. The Labute approximate surface area is 115 Å². The number of hydrogen-bond acceptors (Lipinski definition) is 6. The fraction of sp³-hybridized carbons (Fsp3) is 0.769. The van der Waals surface area contributed by atoms with Crippen molar-refractivity contribution in [2.45, 2.75) is 47.1 Å². The van der Waals surface area contributed by atoms with E-state index in [4.69, 9.17) is 4.74 Å². The Morgan fingerprint density at radius 3 is 2.32 bits per heavy atom. The van der Waals surface area contributed by atoms with Crippen LogP contribution in [0.15, 0.2) is 0 Å². The molecule has 1 aromatic heterocycles. The van der Waals surface area contributed by atoms with Gasteiger partial charge in [-0.3, -0.25) is 0 Å². The minimum absolute atomic E-state index is 0.311. The van der Waals surface area contributed by atoms with Gasteiger partial charge < -0.3 is 15.4 Å². The van der Waals surface area contributed by atoms with Crippen LogP contribution in [-0.4, -0.2) is 34.1 Å². The molecule has 1 heterocycles. The maximum absolute atomic E-state index is 5.35. The summed E-state index contributed by atoms with van der Waals surface area (Å²) in [5.74, 6) is 1.73. The molecule has 0 bridgehead atoms. The monoisotopic (exact) mass is 267 g/mol. The van der Waals surface area contributed by atoms with Gasteiger partial charge in [0.1, 0.15) is 0 Å². The lowest BCUT2D eigenvalue weighted by atomic mass is 10.1. The maximum atomic E-state index is 5.35. The van der Waals surface area contributed by atoms with Crippen LogP contribution in [-0.2, 0) is 0 Å². The van der Waals surface area contributed by atoms with Crippen LogP contribution in [0.2, 0.25) is 0 Å². The first-order chi connectivity index (χ1) is 9.05. The summed E-state index contributed by atoms with van der Waals surface area (Å²) in [6, 6.07) is 0.666. The molecule has 19 heavy (non-hydrogen) atoms. The molecule has 0 amide bonds. The van der Waals surface area contributed by atoms with Crippen LogP contribution in [0.5, 0.6) is 6.01 Å². The predicted molar refractivity (Wildman–Crippen MR) is 77.7 cm³/mol. The van der Waals surface area contributed by atoms with E-state index in [0.29, 0.717) is 36.5 Å². The summed E-state index contributed by atoms with van der Waals surface area (Å²) in [6.07, 6.45) is 1.06. The lowest BCUT2D eigenvalue weighted by Crippen LogP contribution is -2.20. The Morgan fingerprint density at radius 1 is 1.05 bits per heavy atom. The summed E-state index contributed by atoms with van der Waals surface area (Å²) < 4.78 is 5.35. The number of nitrogens with zero attached hydrogens (tertiary/aromatic N) is 3. The number of rotatable bonds is 8. The van der Waals surface area contributed by atoms with Gasteiger partial charge in [-0.2, -0.15) is 15.0 Å². The Kier molecular flexibility index (Phi) is 6.32. The first-order valence-corrected chi connectivity index (χ1v) is 6.94. The summed E-state index contributed by atoms with van der Waals surface area (Å²) in [5.41, 5.74) is 0. The summed E-state index contributed by atoms with van der Waals surface area (Å²) in [6.45, 7) is 11.7. The van der Waals surface area contributed by atoms with Gasteiger partial charge in [-0.05, 0) is 33.1 Å². The van der Waals surface area contributed by atoms with Crippen LogP contribution in [0, 0.1) is 5.92 Å². The SMILES string of the molecule is CCNc1nc(NC(C)CC(C)C)nc(OCC)n1. The minimum Gasteiger partial charge on any atom is -0.464 e. The van der Waals surface area contributed by atoms with E-state index in [1.54, 1.807) is 0 Å². The molecular formula is C13H25N5O. The first kappa shape index (κ1) is 15.5. The molecule has 0 spiro atoms. The van der Waals surface area contributed by atoms with Crippen molar-refractivity contribution in [3.63, 3.8) is 0 Å². The molecule has 1 aromatic rings. The van der Waals surface area contributed by atoms with Crippen molar-refractivity contribution in [2.24, 2.45) is 5.92 Å². The number of anilines is 2. The zero-order chi connectivity index (χ0) is 14.3. The van der Waals surface area contributed by atoms with Crippen molar-refractivity contribution < 1.29 is 4.74 Å².